The summed E-state index contributed by atoms with van der Waals surface area (Å²) in [5, 5.41) is 0.139. The van der Waals surface area contributed by atoms with Crippen molar-refractivity contribution in [3.63, 3.8) is 0 Å². The van der Waals surface area contributed by atoms with Gasteiger partial charge in [-0.3, -0.25) is 0 Å². The average molecular weight is 401 g/mol. The van der Waals surface area contributed by atoms with Crippen LogP contribution >= 0.6 is 0 Å². The zero-order valence-corrected chi connectivity index (χ0v) is 19.3. The lowest BCUT2D eigenvalue weighted by Gasteiger charge is -2.36. The molecule has 0 amide bonds. The first-order chi connectivity index (χ1) is 13.1. The Morgan fingerprint density at radius 3 is 1.86 bits per heavy atom. The Kier molecular flexibility index (Phi) is 6.83. The number of benzene rings is 2. The molecule has 0 spiro atoms. The van der Waals surface area contributed by atoms with Crippen molar-refractivity contribution in [3.8, 4) is 23.0 Å². The maximum Gasteiger partial charge on any atom is 0.250 e. The molecule has 0 aliphatic carbocycles. The molecular weight excluding hydrogens is 368 g/mol. The summed E-state index contributed by atoms with van der Waals surface area (Å²) >= 11 is 0. The molecule has 0 aliphatic rings. The van der Waals surface area contributed by atoms with Gasteiger partial charge < -0.3 is 18.6 Å². The van der Waals surface area contributed by atoms with E-state index in [1.165, 1.54) is 0 Å². The van der Waals surface area contributed by atoms with Crippen LogP contribution in [0, 0.1) is 0 Å². The molecular formula is C23H32O4Si. The topological polar surface area (TPSA) is 36.9 Å². The predicted octanol–water partition coefficient (Wildman–Crippen LogP) is 6.27. The van der Waals surface area contributed by atoms with Gasteiger partial charge in [0, 0.05) is 5.56 Å². The van der Waals surface area contributed by atoms with E-state index in [0.717, 1.165) is 16.9 Å². The highest BCUT2D eigenvalue weighted by atomic mass is 28.4. The highest BCUT2D eigenvalue weighted by Gasteiger charge is 2.39. The summed E-state index contributed by atoms with van der Waals surface area (Å²) in [4.78, 5) is 0. The summed E-state index contributed by atoms with van der Waals surface area (Å²) in [6, 6.07) is 12.0. The largest absolute Gasteiger partial charge is 0.543 e. The quantitative estimate of drug-likeness (QED) is 0.406. The fraction of sp³-hybridized carbons (Fsp3) is 0.391. The van der Waals surface area contributed by atoms with E-state index in [4.69, 9.17) is 18.6 Å². The van der Waals surface area contributed by atoms with Gasteiger partial charge in [0.2, 0.25) is 5.75 Å². The lowest BCUT2D eigenvalue weighted by atomic mass is 10.1. The third-order valence-electron chi connectivity index (χ3n) is 5.23. The Labute approximate surface area is 170 Å². The van der Waals surface area contributed by atoms with Crippen LogP contribution in [-0.4, -0.2) is 29.6 Å². The molecule has 0 N–H and O–H groups in total. The molecule has 0 aromatic heterocycles. The van der Waals surface area contributed by atoms with Crippen molar-refractivity contribution in [2.24, 2.45) is 0 Å². The Balaban J connectivity index is 2.38. The number of hydrogen-bond acceptors (Lipinski definition) is 4. The van der Waals surface area contributed by atoms with Gasteiger partial charge in [0.05, 0.1) is 21.3 Å². The Bertz CT molecular complexity index is 810. The molecule has 4 nitrogen and oxygen atoms in total. The van der Waals surface area contributed by atoms with Crippen LogP contribution in [0.3, 0.4) is 0 Å². The average Bonchev–Trinajstić information content (AvgIpc) is 2.65. The molecule has 28 heavy (non-hydrogen) atoms. The van der Waals surface area contributed by atoms with Crippen LogP contribution in [0.4, 0.5) is 0 Å². The van der Waals surface area contributed by atoms with Gasteiger partial charge in [0.1, 0.15) is 5.75 Å². The van der Waals surface area contributed by atoms with E-state index in [2.05, 4.69) is 46.0 Å². The molecule has 0 radical (unpaired) electrons. The van der Waals surface area contributed by atoms with Gasteiger partial charge in [-0.05, 0) is 41.9 Å². The minimum Gasteiger partial charge on any atom is -0.543 e. The summed E-state index contributed by atoms with van der Waals surface area (Å²) in [5.74, 6) is 2.77. The van der Waals surface area contributed by atoms with Crippen LogP contribution in [0.2, 0.25) is 18.1 Å². The normalized spacial score (nSPS) is 12.1. The minimum absolute atomic E-state index is 0.139. The Hall–Kier alpha value is -2.40. The molecule has 2 aromatic carbocycles. The molecule has 0 saturated carbocycles. The van der Waals surface area contributed by atoms with Gasteiger partial charge in [-0.1, -0.05) is 51.1 Å². The molecule has 2 rings (SSSR count). The first-order valence-corrected chi connectivity index (χ1v) is 12.3. The zero-order valence-electron chi connectivity index (χ0n) is 18.3. The first-order valence-electron chi connectivity index (χ1n) is 9.39. The summed E-state index contributed by atoms with van der Waals surface area (Å²) in [6.07, 6.45) is 4.08. The number of methoxy groups -OCH3 is 3. The lowest BCUT2D eigenvalue weighted by Crippen LogP contribution is -2.44. The van der Waals surface area contributed by atoms with E-state index in [1.54, 1.807) is 21.3 Å². The molecule has 5 heteroatoms. The number of para-hydroxylation sites is 1. The summed E-state index contributed by atoms with van der Waals surface area (Å²) in [7, 11) is 2.92. The molecule has 0 saturated heterocycles. The van der Waals surface area contributed by atoms with Crippen molar-refractivity contribution in [1.82, 2.24) is 0 Å². The number of rotatable bonds is 7. The fourth-order valence-corrected chi connectivity index (χ4v) is 3.56. The standard InChI is InChI=1S/C23H32O4Si/c1-23(2,3)28(7,8)27-19-12-10-9-11-18(19)14-13-17-15-20(24-4)22(26-6)21(16-17)25-5/h9-16H,1-8H3. The predicted molar refractivity (Wildman–Crippen MR) is 119 cm³/mol. The van der Waals surface area contributed by atoms with E-state index in [0.29, 0.717) is 17.2 Å². The van der Waals surface area contributed by atoms with Crippen molar-refractivity contribution in [3.05, 3.63) is 47.5 Å². The second-order valence-electron chi connectivity index (χ2n) is 8.19. The van der Waals surface area contributed by atoms with Crippen LogP contribution in [0.1, 0.15) is 31.9 Å². The van der Waals surface area contributed by atoms with Gasteiger partial charge in [-0.2, -0.15) is 0 Å². The van der Waals surface area contributed by atoms with Crippen LogP contribution in [0.5, 0.6) is 23.0 Å². The monoisotopic (exact) mass is 400 g/mol. The van der Waals surface area contributed by atoms with Gasteiger partial charge in [0.15, 0.2) is 11.5 Å². The second-order valence-corrected chi connectivity index (χ2v) is 12.9. The van der Waals surface area contributed by atoms with E-state index >= 15 is 0 Å². The van der Waals surface area contributed by atoms with E-state index in [9.17, 15) is 0 Å². The third-order valence-corrected chi connectivity index (χ3v) is 9.58. The Morgan fingerprint density at radius 1 is 0.786 bits per heavy atom. The Morgan fingerprint density at radius 2 is 1.36 bits per heavy atom. The summed E-state index contributed by atoms with van der Waals surface area (Å²) in [5.41, 5.74) is 2.00. The molecule has 0 atom stereocenters. The third kappa shape index (κ3) is 4.90. The van der Waals surface area contributed by atoms with Crippen LogP contribution in [-0.2, 0) is 0 Å². The van der Waals surface area contributed by atoms with E-state index < -0.39 is 8.32 Å². The molecule has 2 aromatic rings. The molecule has 0 heterocycles. The van der Waals surface area contributed by atoms with Crippen LogP contribution in [0.15, 0.2) is 36.4 Å². The first kappa shape index (κ1) is 21.9. The molecule has 0 aliphatic heterocycles. The number of hydrogen-bond donors (Lipinski definition) is 0. The lowest BCUT2D eigenvalue weighted by molar-refractivity contribution is 0.324. The van der Waals surface area contributed by atoms with Crippen molar-refractivity contribution < 1.29 is 18.6 Å². The number of ether oxygens (including phenoxy) is 3. The summed E-state index contributed by atoms with van der Waals surface area (Å²) in [6.45, 7) is 11.2. The molecule has 0 bridgehead atoms. The van der Waals surface area contributed by atoms with Crippen molar-refractivity contribution in [1.29, 1.82) is 0 Å². The van der Waals surface area contributed by atoms with E-state index in [-0.39, 0.29) is 5.04 Å². The SMILES string of the molecule is COc1cc(C=Cc2ccccc2O[Si](C)(C)C(C)(C)C)cc(OC)c1OC. The van der Waals surface area contributed by atoms with Gasteiger partial charge in [-0.25, -0.2) is 0 Å². The van der Waals surface area contributed by atoms with Crippen LogP contribution in [0.25, 0.3) is 12.2 Å². The van der Waals surface area contributed by atoms with Crippen molar-refractivity contribution in [2.75, 3.05) is 21.3 Å². The molecule has 0 unspecified atom stereocenters. The minimum atomic E-state index is -1.92. The highest BCUT2D eigenvalue weighted by Crippen LogP contribution is 2.40. The van der Waals surface area contributed by atoms with Crippen molar-refractivity contribution >= 4 is 20.5 Å². The maximum absolute atomic E-state index is 6.53. The highest BCUT2D eigenvalue weighted by molar-refractivity contribution is 6.74. The zero-order chi connectivity index (χ0) is 20.9. The van der Waals surface area contributed by atoms with Gasteiger partial charge in [-0.15, -0.1) is 0 Å². The van der Waals surface area contributed by atoms with Gasteiger partial charge in [0.25, 0.3) is 8.32 Å². The van der Waals surface area contributed by atoms with Crippen LogP contribution < -0.4 is 18.6 Å². The van der Waals surface area contributed by atoms with Gasteiger partial charge >= 0.3 is 0 Å². The van der Waals surface area contributed by atoms with Crippen molar-refractivity contribution in [2.45, 2.75) is 38.9 Å². The maximum atomic E-state index is 6.53. The molecule has 152 valence electrons. The van der Waals surface area contributed by atoms with E-state index in [1.807, 2.05) is 36.4 Å². The molecule has 0 fully saturated rings. The fourth-order valence-electron chi connectivity index (χ4n) is 2.52. The smallest absolute Gasteiger partial charge is 0.250 e. The summed E-state index contributed by atoms with van der Waals surface area (Å²) < 4.78 is 22.8. The second kappa shape index (κ2) is 8.74.